The smallest absolute Gasteiger partial charge is 0.141 e. The van der Waals surface area contributed by atoms with Crippen molar-refractivity contribution in [2.24, 2.45) is 0 Å². The van der Waals surface area contributed by atoms with E-state index in [2.05, 4.69) is 15.3 Å². The molecule has 0 amide bonds. The van der Waals surface area contributed by atoms with E-state index in [4.69, 9.17) is 4.74 Å². The Morgan fingerprint density at radius 3 is 3.05 bits per heavy atom. The van der Waals surface area contributed by atoms with Crippen LogP contribution < -0.4 is 5.32 Å². The number of aromatic nitrogens is 2. The number of thiazole rings is 1. The van der Waals surface area contributed by atoms with E-state index < -0.39 is 0 Å². The molecule has 0 aliphatic carbocycles. The zero-order chi connectivity index (χ0) is 13.2. The number of hydrogen-bond donors (Lipinski definition) is 1. The average molecular weight is 279 g/mol. The van der Waals surface area contributed by atoms with Gasteiger partial charge in [0.25, 0.3) is 0 Å². The summed E-state index contributed by atoms with van der Waals surface area (Å²) in [6, 6.07) is 3.21. The molecule has 1 aliphatic rings. The van der Waals surface area contributed by atoms with Crippen molar-refractivity contribution in [3.8, 4) is 11.4 Å². The van der Waals surface area contributed by atoms with Gasteiger partial charge in [-0.25, -0.2) is 9.37 Å². The van der Waals surface area contributed by atoms with Gasteiger partial charge < -0.3 is 10.1 Å². The third kappa shape index (κ3) is 2.65. The molecule has 3 rings (SSSR count). The number of pyridine rings is 1. The van der Waals surface area contributed by atoms with E-state index in [-0.39, 0.29) is 11.9 Å². The van der Waals surface area contributed by atoms with Gasteiger partial charge in [-0.15, -0.1) is 11.3 Å². The van der Waals surface area contributed by atoms with Crippen molar-refractivity contribution in [1.82, 2.24) is 15.3 Å². The number of rotatable bonds is 2. The van der Waals surface area contributed by atoms with Crippen LogP contribution in [0.3, 0.4) is 0 Å². The molecular weight excluding hydrogens is 265 g/mol. The van der Waals surface area contributed by atoms with Crippen molar-refractivity contribution >= 4 is 11.3 Å². The molecule has 0 saturated carbocycles. The lowest BCUT2D eigenvalue weighted by atomic mass is 10.2. The maximum atomic E-state index is 12.9. The fraction of sp³-hybridized carbons (Fsp3) is 0.385. The molecule has 1 unspecified atom stereocenters. The molecule has 1 atom stereocenters. The van der Waals surface area contributed by atoms with Crippen molar-refractivity contribution in [2.45, 2.75) is 13.0 Å². The Balaban J connectivity index is 1.90. The van der Waals surface area contributed by atoms with E-state index in [1.807, 2.05) is 6.92 Å². The first-order valence-electron chi connectivity index (χ1n) is 6.14. The van der Waals surface area contributed by atoms with Crippen molar-refractivity contribution in [1.29, 1.82) is 0 Å². The molecule has 2 aromatic heterocycles. The van der Waals surface area contributed by atoms with Crippen molar-refractivity contribution in [3.05, 3.63) is 34.0 Å². The van der Waals surface area contributed by atoms with Crippen molar-refractivity contribution in [2.75, 3.05) is 19.8 Å². The Hall–Kier alpha value is -1.37. The van der Waals surface area contributed by atoms with Crippen LogP contribution in [0.15, 0.2) is 18.3 Å². The third-order valence-corrected chi connectivity index (χ3v) is 4.09. The molecule has 1 saturated heterocycles. The summed E-state index contributed by atoms with van der Waals surface area (Å²) in [6.45, 7) is 4.23. The first-order valence-corrected chi connectivity index (χ1v) is 6.96. The predicted octanol–water partition coefficient (Wildman–Crippen LogP) is 2.31. The molecule has 1 aliphatic heterocycles. The lowest BCUT2D eigenvalue weighted by Gasteiger charge is -2.21. The van der Waals surface area contributed by atoms with Gasteiger partial charge in [0.15, 0.2) is 0 Å². The van der Waals surface area contributed by atoms with E-state index in [0.717, 1.165) is 28.7 Å². The minimum atomic E-state index is -0.334. The molecule has 1 fully saturated rings. The highest BCUT2D eigenvalue weighted by Gasteiger charge is 2.21. The largest absolute Gasteiger partial charge is 0.378 e. The number of nitrogens with zero attached hydrogens (tertiary/aromatic N) is 2. The maximum Gasteiger partial charge on any atom is 0.141 e. The van der Waals surface area contributed by atoms with Crippen molar-refractivity contribution in [3.63, 3.8) is 0 Å². The SMILES string of the molecule is Cc1sc(C2COCCN2)nc1-c1ccc(F)cn1. The molecule has 100 valence electrons. The van der Waals surface area contributed by atoms with Gasteiger partial charge in [-0.3, -0.25) is 4.98 Å². The fourth-order valence-electron chi connectivity index (χ4n) is 2.04. The Morgan fingerprint density at radius 1 is 1.47 bits per heavy atom. The highest BCUT2D eigenvalue weighted by atomic mass is 32.1. The molecule has 2 aromatic rings. The molecule has 0 aromatic carbocycles. The van der Waals surface area contributed by atoms with Crippen LogP contribution in [0.25, 0.3) is 11.4 Å². The Morgan fingerprint density at radius 2 is 2.37 bits per heavy atom. The summed E-state index contributed by atoms with van der Waals surface area (Å²) in [4.78, 5) is 9.79. The Labute approximate surface area is 114 Å². The average Bonchev–Trinajstić information content (AvgIpc) is 2.83. The molecule has 0 spiro atoms. The lowest BCUT2D eigenvalue weighted by molar-refractivity contribution is 0.0768. The molecule has 6 heteroatoms. The minimum absolute atomic E-state index is 0.145. The van der Waals surface area contributed by atoms with E-state index in [1.165, 1.54) is 12.3 Å². The normalized spacial score (nSPS) is 19.6. The van der Waals surface area contributed by atoms with Crippen LogP contribution in [0.5, 0.6) is 0 Å². The van der Waals surface area contributed by atoms with Crippen LogP contribution in [0.1, 0.15) is 15.9 Å². The van der Waals surface area contributed by atoms with Gasteiger partial charge in [0.2, 0.25) is 0 Å². The highest BCUT2D eigenvalue weighted by Crippen LogP contribution is 2.30. The number of nitrogens with one attached hydrogen (secondary N) is 1. The van der Waals surface area contributed by atoms with Crippen LogP contribution in [0, 0.1) is 12.7 Å². The van der Waals surface area contributed by atoms with Gasteiger partial charge in [-0.1, -0.05) is 0 Å². The molecule has 4 nitrogen and oxygen atoms in total. The first-order chi connectivity index (χ1) is 9.24. The number of ether oxygens (including phenoxy) is 1. The molecule has 0 bridgehead atoms. The standard InChI is InChI=1S/C13H14FN3OS/c1-8-12(10-3-2-9(14)6-16-10)17-13(19-8)11-7-18-5-4-15-11/h2-3,6,11,15H,4-5,7H2,1H3. The van der Waals surface area contributed by atoms with Crippen LogP contribution in [-0.4, -0.2) is 29.7 Å². The molecule has 1 N–H and O–H groups in total. The van der Waals surface area contributed by atoms with E-state index in [0.29, 0.717) is 12.3 Å². The van der Waals surface area contributed by atoms with Gasteiger partial charge in [-0.05, 0) is 19.1 Å². The molecular formula is C13H14FN3OS. The van der Waals surface area contributed by atoms with Crippen LogP contribution in [0.2, 0.25) is 0 Å². The van der Waals surface area contributed by atoms with Crippen LogP contribution in [0.4, 0.5) is 4.39 Å². The maximum absolute atomic E-state index is 12.9. The van der Waals surface area contributed by atoms with Gasteiger partial charge in [0.1, 0.15) is 16.5 Å². The second-order valence-corrected chi connectivity index (χ2v) is 5.63. The fourth-order valence-corrected chi connectivity index (χ4v) is 3.03. The molecule has 19 heavy (non-hydrogen) atoms. The van der Waals surface area contributed by atoms with Crippen molar-refractivity contribution < 1.29 is 9.13 Å². The monoisotopic (exact) mass is 279 g/mol. The number of hydrogen-bond acceptors (Lipinski definition) is 5. The zero-order valence-electron chi connectivity index (χ0n) is 10.5. The van der Waals surface area contributed by atoms with Gasteiger partial charge in [-0.2, -0.15) is 0 Å². The summed E-state index contributed by atoms with van der Waals surface area (Å²) in [5.74, 6) is -0.334. The number of aryl methyl sites for hydroxylation is 1. The topological polar surface area (TPSA) is 47.0 Å². The second kappa shape index (κ2) is 5.32. The van der Waals surface area contributed by atoms with E-state index in [1.54, 1.807) is 17.4 Å². The van der Waals surface area contributed by atoms with Gasteiger partial charge in [0, 0.05) is 11.4 Å². The third-order valence-electron chi connectivity index (χ3n) is 3.00. The zero-order valence-corrected chi connectivity index (χ0v) is 11.3. The lowest BCUT2D eigenvalue weighted by Crippen LogP contribution is -2.34. The van der Waals surface area contributed by atoms with Crippen LogP contribution >= 0.6 is 11.3 Å². The second-order valence-electron chi connectivity index (χ2n) is 4.40. The molecule has 0 radical (unpaired) electrons. The number of halogens is 1. The number of morpholine rings is 1. The predicted molar refractivity (Wildman–Crippen MR) is 71.6 cm³/mol. The van der Waals surface area contributed by atoms with E-state index in [9.17, 15) is 4.39 Å². The summed E-state index contributed by atoms with van der Waals surface area (Å²) in [7, 11) is 0. The summed E-state index contributed by atoms with van der Waals surface area (Å²) >= 11 is 1.63. The first kappa shape index (κ1) is 12.7. The van der Waals surface area contributed by atoms with Gasteiger partial charge in [0.05, 0.1) is 31.1 Å². The van der Waals surface area contributed by atoms with E-state index >= 15 is 0 Å². The quantitative estimate of drug-likeness (QED) is 0.916. The summed E-state index contributed by atoms with van der Waals surface area (Å²) in [5, 5.41) is 4.38. The highest BCUT2D eigenvalue weighted by molar-refractivity contribution is 7.12. The minimum Gasteiger partial charge on any atom is -0.378 e. The molecule has 3 heterocycles. The summed E-state index contributed by atoms with van der Waals surface area (Å²) in [6.07, 6.45) is 1.22. The Kier molecular flexibility index (Phi) is 3.54. The summed E-state index contributed by atoms with van der Waals surface area (Å²) < 4.78 is 18.3. The van der Waals surface area contributed by atoms with Gasteiger partial charge >= 0.3 is 0 Å². The summed E-state index contributed by atoms with van der Waals surface area (Å²) in [5.41, 5.74) is 1.53. The van der Waals surface area contributed by atoms with Crippen LogP contribution in [-0.2, 0) is 4.74 Å². The Bertz CT molecular complexity index is 564.